The molecule has 1 aliphatic heterocycles. The third kappa shape index (κ3) is 5.69. The molecule has 2 atom stereocenters. The SMILES string of the molecule is CCCCN1CC[C@@H](c2ccccc2)[C@H](CNCCc2ccccc2)C1. The normalized spacial score (nSPS) is 21.0. The molecule has 2 aromatic rings. The van der Waals surface area contributed by atoms with Crippen LogP contribution in [0.25, 0.3) is 0 Å². The van der Waals surface area contributed by atoms with Crippen molar-refractivity contribution in [3.05, 3.63) is 71.8 Å². The lowest BCUT2D eigenvalue weighted by molar-refractivity contribution is 0.149. The molecule has 1 aliphatic rings. The summed E-state index contributed by atoms with van der Waals surface area (Å²) in [5, 5.41) is 3.75. The van der Waals surface area contributed by atoms with Crippen molar-refractivity contribution in [2.45, 2.75) is 38.5 Å². The molecule has 26 heavy (non-hydrogen) atoms. The second-order valence-corrected chi connectivity index (χ2v) is 7.66. The van der Waals surface area contributed by atoms with Crippen molar-refractivity contribution in [1.82, 2.24) is 10.2 Å². The van der Waals surface area contributed by atoms with E-state index in [4.69, 9.17) is 0 Å². The van der Waals surface area contributed by atoms with Crippen LogP contribution >= 0.6 is 0 Å². The van der Waals surface area contributed by atoms with E-state index in [-0.39, 0.29) is 0 Å². The Kier molecular flexibility index (Phi) is 7.72. The number of nitrogens with zero attached hydrogens (tertiary/aromatic N) is 1. The zero-order valence-electron chi connectivity index (χ0n) is 16.2. The fraction of sp³-hybridized carbons (Fsp3) is 0.500. The summed E-state index contributed by atoms with van der Waals surface area (Å²) in [5.41, 5.74) is 2.95. The Labute approximate surface area is 159 Å². The zero-order chi connectivity index (χ0) is 18.0. The molecule has 0 saturated carbocycles. The van der Waals surface area contributed by atoms with Crippen molar-refractivity contribution in [2.75, 3.05) is 32.7 Å². The highest BCUT2D eigenvalue weighted by Crippen LogP contribution is 2.32. The molecule has 3 rings (SSSR count). The van der Waals surface area contributed by atoms with E-state index in [1.165, 1.54) is 50.0 Å². The summed E-state index contributed by atoms with van der Waals surface area (Å²) < 4.78 is 0. The monoisotopic (exact) mass is 350 g/mol. The Balaban J connectivity index is 1.55. The van der Waals surface area contributed by atoms with Crippen molar-refractivity contribution in [3.8, 4) is 0 Å². The number of hydrogen-bond acceptors (Lipinski definition) is 2. The number of nitrogens with one attached hydrogen (secondary N) is 1. The van der Waals surface area contributed by atoms with Gasteiger partial charge in [0.05, 0.1) is 0 Å². The molecule has 2 aromatic carbocycles. The standard InChI is InChI=1S/C24H34N2/c1-2-3-17-26-18-15-24(22-12-8-5-9-13-22)23(20-26)19-25-16-14-21-10-6-4-7-11-21/h4-13,23-25H,2-3,14-20H2,1H3/t23-,24+/m1/s1. The Morgan fingerprint density at radius 1 is 1.00 bits per heavy atom. The van der Waals surface area contributed by atoms with E-state index in [1.54, 1.807) is 0 Å². The maximum atomic E-state index is 3.75. The second kappa shape index (κ2) is 10.5. The van der Waals surface area contributed by atoms with Crippen LogP contribution in [-0.2, 0) is 6.42 Å². The molecule has 0 bridgehead atoms. The molecule has 1 N–H and O–H groups in total. The first-order valence-electron chi connectivity index (χ1n) is 10.4. The summed E-state index contributed by atoms with van der Waals surface area (Å²) in [7, 11) is 0. The Bertz CT molecular complexity index is 611. The molecule has 1 fully saturated rings. The minimum atomic E-state index is 0.693. The number of benzene rings is 2. The average Bonchev–Trinajstić information content (AvgIpc) is 2.71. The van der Waals surface area contributed by atoms with Crippen LogP contribution in [0.4, 0.5) is 0 Å². The molecule has 0 amide bonds. The van der Waals surface area contributed by atoms with E-state index in [0.717, 1.165) is 19.5 Å². The highest BCUT2D eigenvalue weighted by atomic mass is 15.1. The van der Waals surface area contributed by atoms with Gasteiger partial charge in [-0.2, -0.15) is 0 Å². The van der Waals surface area contributed by atoms with Gasteiger partial charge in [-0.05, 0) is 68.4 Å². The number of rotatable bonds is 9. The van der Waals surface area contributed by atoms with Crippen molar-refractivity contribution in [3.63, 3.8) is 0 Å². The van der Waals surface area contributed by atoms with Crippen LogP contribution in [0.3, 0.4) is 0 Å². The highest BCUT2D eigenvalue weighted by Gasteiger charge is 2.29. The molecule has 0 aromatic heterocycles. The van der Waals surface area contributed by atoms with Crippen LogP contribution < -0.4 is 5.32 Å². The van der Waals surface area contributed by atoms with Gasteiger partial charge in [-0.3, -0.25) is 0 Å². The number of likely N-dealkylation sites (tertiary alicyclic amines) is 1. The van der Waals surface area contributed by atoms with Crippen molar-refractivity contribution < 1.29 is 0 Å². The first-order valence-corrected chi connectivity index (χ1v) is 10.4. The van der Waals surface area contributed by atoms with E-state index < -0.39 is 0 Å². The molecule has 1 heterocycles. The lowest BCUT2D eigenvalue weighted by atomic mass is 9.80. The molecular weight excluding hydrogens is 316 g/mol. The quantitative estimate of drug-likeness (QED) is 0.658. The summed E-state index contributed by atoms with van der Waals surface area (Å²) in [5.74, 6) is 1.40. The van der Waals surface area contributed by atoms with Crippen molar-refractivity contribution >= 4 is 0 Å². The summed E-state index contributed by atoms with van der Waals surface area (Å²) in [4.78, 5) is 2.69. The van der Waals surface area contributed by atoms with Crippen LogP contribution in [0.2, 0.25) is 0 Å². The Morgan fingerprint density at radius 2 is 1.73 bits per heavy atom. The van der Waals surface area contributed by atoms with E-state index in [0.29, 0.717) is 11.8 Å². The third-order valence-corrected chi connectivity index (χ3v) is 5.71. The largest absolute Gasteiger partial charge is 0.316 e. The minimum Gasteiger partial charge on any atom is -0.316 e. The van der Waals surface area contributed by atoms with Gasteiger partial charge in [-0.15, -0.1) is 0 Å². The lowest BCUT2D eigenvalue weighted by Gasteiger charge is -2.39. The maximum absolute atomic E-state index is 3.75. The van der Waals surface area contributed by atoms with Gasteiger partial charge in [0.2, 0.25) is 0 Å². The lowest BCUT2D eigenvalue weighted by Crippen LogP contribution is -2.44. The Hall–Kier alpha value is -1.64. The predicted molar refractivity (Wildman–Crippen MR) is 112 cm³/mol. The predicted octanol–water partition coefficient (Wildman–Crippen LogP) is 4.72. The van der Waals surface area contributed by atoms with Gasteiger partial charge >= 0.3 is 0 Å². The van der Waals surface area contributed by atoms with Crippen LogP contribution in [0, 0.1) is 5.92 Å². The summed E-state index contributed by atoms with van der Waals surface area (Å²) >= 11 is 0. The first kappa shape index (κ1) is 19.1. The first-order chi connectivity index (χ1) is 12.9. The molecule has 0 spiro atoms. The van der Waals surface area contributed by atoms with Crippen LogP contribution in [0.15, 0.2) is 60.7 Å². The molecule has 140 valence electrons. The van der Waals surface area contributed by atoms with E-state index in [9.17, 15) is 0 Å². The van der Waals surface area contributed by atoms with Crippen molar-refractivity contribution in [1.29, 1.82) is 0 Å². The molecule has 2 nitrogen and oxygen atoms in total. The third-order valence-electron chi connectivity index (χ3n) is 5.71. The summed E-state index contributed by atoms with van der Waals surface area (Å²) in [6.45, 7) is 8.22. The molecule has 0 aliphatic carbocycles. The number of piperidine rings is 1. The van der Waals surface area contributed by atoms with Gasteiger partial charge in [-0.25, -0.2) is 0 Å². The molecule has 2 heteroatoms. The van der Waals surface area contributed by atoms with Gasteiger partial charge in [0, 0.05) is 6.54 Å². The molecule has 1 saturated heterocycles. The summed E-state index contributed by atoms with van der Waals surface area (Å²) in [6.07, 6.45) is 5.02. The van der Waals surface area contributed by atoms with Gasteiger partial charge in [0.1, 0.15) is 0 Å². The second-order valence-electron chi connectivity index (χ2n) is 7.66. The van der Waals surface area contributed by atoms with E-state index >= 15 is 0 Å². The summed E-state index contributed by atoms with van der Waals surface area (Å²) in [6, 6.07) is 22.0. The smallest absolute Gasteiger partial charge is 0.00277 e. The Morgan fingerprint density at radius 3 is 2.46 bits per heavy atom. The van der Waals surface area contributed by atoms with Crippen LogP contribution in [0.5, 0.6) is 0 Å². The van der Waals surface area contributed by atoms with Crippen LogP contribution in [-0.4, -0.2) is 37.6 Å². The molecule has 0 radical (unpaired) electrons. The van der Waals surface area contributed by atoms with Gasteiger partial charge in [0.15, 0.2) is 0 Å². The fourth-order valence-corrected chi connectivity index (χ4v) is 4.20. The zero-order valence-corrected chi connectivity index (χ0v) is 16.2. The fourth-order valence-electron chi connectivity index (χ4n) is 4.20. The maximum Gasteiger partial charge on any atom is 0.00277 e. The van der Waals surface area contributed by atoms with Gasteiger partial charge in [0.25, 0.3) is 0 Å². The van der Waals surface area contributed by atoms with E-state index in [1.807, 2.05) is 0 Å². The van der Waals surface area contributed by atoms with Gasteiger partial charge < -0.3 is 10.2 Å². The molecular formula is C24H34N2. The number of unbranched alkanes of at least 4 members (excludes halogenated alkanes) is 1. The van der Waals surface area contributed by atoms with E-state index in [2.05, 4.69) is 77.8 Å². The van der Waals surface area contributed by atoms with Crippen molar-refractivity contribution in [2.24, 2.45) is 5.92 Å². The molecule has 0 unspecified atom stereocenters. The topological polar surface area (TPSA) is 15.3 Å². The minimum absolute atomic E-state index is 0.693. The number of hydrogen-bond donors (Lipinski definition) is 1. The highest BCUT2D eigenvalue weighted by molar-refractivity contribution is 5.21. The van der Waals surface area contributed by atoms with Gasteiger partial charge in [-0.1, -0.05) is 74.0 Å². The average molecular weight is 351 g/mol. The van der Waals surface area contributed by atoms with Crippen LogP contribution in [0.1, 0.15) is 43.2 Å².